The van der Waals surface area contributed by atoms with E-state index in [4.69, 9.17) is 37.8 Å². The van der Waals surface area contributed by atoms with E-state index < -0.39 is 37.8 Å². The maximum absolute atomic E-state index is 13.4. The van der Waals surface area contributed by atoms with Crippen LogP contribution < -0.4 is 20.9 Å². The predicted octanol–water partition coefficient (Wildman–Crippen LogP) is 9.19. The first-order valence-corrected chi connectivity index (χ1v) is 18.0. The van der Waals surface area contributed by atoms with E-state index >= 15 is 0 Å². The number of carbonyl (C=O) groups is 2. The minimum absolute atomic E-state index is 0.0952. The highest BCUT2D eigenvalue weighted by Crippen LogP contribution is 2.38. The van der Waals surface area contributed by atoms with Crippen LogP contribution in [0.25, 0.3) is 0 Å². The zero-order chi connectivity index (χ0) is 39.8. The van der Waals surface area contributed by atoms with Crippen molar-refractivity contribution in [3.05, 3.63) is 146 Å². The van der Waals surface area contributed by atoms with Gasteiger partial charge in [0, 0.05) is 28.3 Å². The zero-order valence-corrected chi connectivity index (χ0v) is 30.6. The van der Waals surface area contributed by atoms with Crippen LogP contribution in [-0.2, 0) is 22.7 Å². The molecule has 0 fully saturated rings. The van der Waals surface area contributed by atoms with Gasteiger partial charge in [0.15, 0.2) is 0 Å². The third-order valence-corrected chi connectivity index (χ3v) is 9.83. The lowest BCUT2D eigenvalue weighted by molar-refractivity contribution is -0.0436. The molecule has 0 aromatic heterocycles. The molecule has 4 N–H and O–H groups in total. The van der Waals surface area contributed by atoms with Crippen molar-refractivity contribution in [1.29, 1.82) is 5.26 Å². The Labute approximate surface area is 318 Å². The van der Waals surface area contributed by atoms with E-state index in [1.54, 1.807) is 36.4 Å². The largest absolute Gasteiger partial charge is 0.501 e. The third kappa shape index (κ3) is 10.6. The van der Waals surface area contributed by atoms with Crippen molar-refractivity contribution < 1.29 is 49.4 Å². The van der Waals surface area contributed by atoms with E-state index in [1.165, 1.54) is 18.2 Å². The normalized spacial score (nSPS) is 11.8. The van der Waals surface area contributed by atoms with Crippen LogP contribution in [0, 0.1) is 23.0 Å². The Balaban J connectivity index is 0.000000199. The summed E-state index contributed by atoms with van der Waals surface area (Å²) in [7, 11) is -5.52. The number of hydrogen-bond donors (Lipinski definition) is 2. The van der Waals surface area contributed by atoms with Crippen LogP contribution >= 0.6 is 27.5 Å². The highest BCUT2D eigenvalue weighted by Gasteiger charge is 2.47. The highest BCUT2D eigenvalue weighted by atomic mass is 79.9. The summed E-state index contributed by atoms with van der Waals surface area (Å²) < 4.78 is 98.1. The first-order valence-electron chi connectivity index (χ1n) is 15.3. The molecule has 1 aliphatic rings. The van der Waals surface area contributed by atoms with E-state index in [0.717, 1.165) is 59.7 Å². The smallest absolute Gasteiger partial charge is 0.457 e. The topological polar surface area (TPSA) is 163 Å². The van der Waals surface area contributed by atoms with Crippen molar-refractivity contribution in [2.24, 2.45) is 11.5 Å². The summed E-state index contributed by atoms with van der Waals surface area (Å²) in [6.45, 7) is 0. The second-order valence-corrected chi connectivity index (χ2v) is 14.4. The molecule has 6 rings (SSSR count). The molecule has 2 amide bonds. The van der Waals surface area contributed by atoms with Gasteiger partial charge in [-0.3, -0.25) is 9.59 Å². The number of nitriles is 1. The number of fused-ring (bicyclic) bond motifs is 1. The fourth-order valence-electron chi connectivity index (χ4n) is 4.90. The van der Waals surface area contributed by atoms with Crippen molar-refractivity contribution in [3.8, 4) is 29.1 Å². The maximum Gasteiger partial charge on any atom is 0.501 e. The molecular formula is C37H26BrClF5N3O6S. The summed E-state index contributed by atoms with van der Waals surface area (Å²) in [4.78, 5) is 20.5. The summed E-state index contributed by atoms with van der Waals surface area (Å²) in [5, 5.41) is 9.61. The average molecular weight is 851 g/mol. The number of hydrogen-bond acceptors (Lipinski definition) is 7. The monoisotopic (exact) mass is 849 g/mol. The second-order valence-electron chi connectivity index (χ2n) is 11.2. The van der Waals surface area contributed by atoms with Gasteiger partial charge in [0.2, 0.25) is 11.8 Å². The van der Waals surface area contributed by atoms with Crippen molar-refractivity contribution in [3.63, 3.8) is 0 Å². The Kier molecular flexibility index (Phi) is 13.4. The van der Waals surface area contributed by atoms with Crippen molar-refractivity contribution in [1.82, 2.24) is 0 Å². The molecule has 0 bridgehead atoms. The van der Waals surface area contributed by atoms with Gasteiger partial charge in [-0.25, -0.2) is 17.2 Å². The SMILES string of the molecule is N#Cc1cc(F)cc(Oc2ccc(Cl)c3c2CCC3)c1.NC(=O)c1cc(F)cc(Oc2ccc(S(=O)(=O)C(F)(F)F)cc2Br)c1.NC(=O)c1ccccc1. The lowest BCUT2D eigenvalue weighted by Crippen LogP contribution is -2.23. The highest BCUT2D eigenvalue weighted by molar-refractivity contribution is 9.10. The minimum atomic E-state index is -5.52. The lowest BCUT2D eigenvalue weighted by Gasteiger charge is -2.12. The van der Waals surface area contributed by atoms with Crippen LogP contribution in [0.15, 0.2) is 106 Å². The number of ether oxygens (including phenoxy) is 2. The standard InChI is InChI=1S/C16H11ClFNO.C14H8BrF4NO4S.C7H7NO/c17-15-4-5-16(14-3-1-2-13(14)15)20-12-7-10(9-19)6-11(18)8-12;15-11-6-10(25(22,23)14(17,18)19)1-2-12(11)24-9-4-7(13(20)21)3-8(16)5-9;8-7(9)6-4-2-1-3-5-6/h4-8H,1-3H2;1-6H,(H2,20,21);1-5H,(H2,8,9). The van der Waals surface area contributed by atoms with Gasteiger partial charge in [-0.1, -0.05) is 29.8 Å². The Morgan fingerprint density at radius 2 is 1.33 bits per heavy atom. The second kappa shape index (κ2) is 17.5. The molecule has 0 unspecified atom stereocenters. The number of carbonyl (C=O) groups excluding carboxylic acids is 2. The third-order valence-electron chi connectivity index (χ3n) is 7.37. The zero-order valence-electron chi connectivity index (χ0n) is 27.5. The summed E-state index contributed by atoms with van der Waals surface area (Å²) >= 11 is 9.05. The van der Waals surface area contributed by atoms with Gasteiger partial charge in [-0.05, 0) is 113 Å². The van der Waals surface area contributed by atoms with Crippen LogP contribution in [0.2, 0.25) is 5.02 Å². The summed E-state index contributed by atoms with van der Waals surface area (Å²) in [5.41, 5.74) is 7.38. The Bertz CT molecular complexity index is 2360. The van der Waals surface area contributed by atoms with E-state index in [9.17, 15) is 40.0 Å². The van der Waals surface area contributed by atoms with Crippen molar-refractivity contribution in [2.75, 3.05) is 0 Å². The maximum atomic E-state index is 13.4. The Morgan fingerprint density at radius 3 is 1.91 bits per heavy atom. The van der Waals surface area contributed by atoms with Crippen molar-refractivity contribution >= 4 is 49.2 Å². The molecular weight excluding hydrogens is 825 g/mol. The molecule has 0 heterocycles. The molecule has 17 heteroatoms. The Morgan fingerprint density at radius 1 is 0.759 bits per heavy atom. The number of amides is 2. The molecule has 5 aromatic carbocycles. The molecule has 5 aromatic rings. The van der Waals surface area contributed by atoms with E-state index in [2.05, 4.69) is 15.9 Å². The molecule has 0 atom stereocenters. The quantitative estimate of drug-likeness (QED) is 0.154. The van der Waals surface area contributed by atoms with Crippen LogP contribution in [0.1, 0.15) is 43.8 Å². The molecule has 0 saturated heterocycles. The first-order chi connectivity index (χ1) is 25.4. The van der Waals surface area contributed by atoms with Gasteiger partial charge in [0.05, 0.1) is 21.0 Å². The predicted molar refractivity (Wildman–Crippen MR) is 192 cm³/mol. The molecule has 0 saturated carbocycles. The van der Waals surface area contributed by atoms with Crippen LogP contribution in [-0.4, -0.2) is 25.7 Å². The minimum Gasteiger partial charge on any atom is -0.457 e. The van der Waals surface area contributed by atoms with Crippen molar-refractivity contribution in [2.45, 2.75) is 29.7 Å². The van der Waals surface area contributed by atoms with E-state index in [0.29, 0.717) is 29.2 Å². The number of nitrogens with zero attached hydrogens (tertiary/aromatic N) is 1. The average Bonchev–Trinajstić information content (AvgIpc) is 3.62. The number of benzene rings is 5. The number of alkyl halides is 3. The first kappa shape index (κ1) is 41.3. The summed E-state index contributed by atoms with van der Waals surface area (Å²) in [6, 6.07) is 23.5. The Hall–Kier alpha value is -5.50. The van der Waals surface area contributed by atoms with Crippen LogP contribution in [0.5, 0.6) is 23.0 Å². The van der Waals surface area contributed by atoms with Gasteiger partial charge >= 0.3 is 5.51 Å². The lowest BCUT2D eigenvalue weighted by atomic mass is 10.1. The van der Waals surface area contributed by atoms with Gasteiger partial charge in [-0.15, -0.1) is 0 Å². The molecule has 9 nitrogen and oxygen atoms in total. The van der Waals surface area contributed by atoms with Crippen LogP contribution in [0.3, 0.4) is 0 Å². The molecule has 1 aliphatic carbocycles. The summed E-state index contributed by atoms with van der Waals surface area (Å²) in [5.74, 6) is -1.81. The molecule has 54 heavy (non-hydrogen) atoms. The number of halogens is 7. The number of primary amides is 2. The molecule has 0 radical (unpaired) electrons. The van der Waals surface area contributed by atoms with E-state index in [-0.39, 0.29) is 33.0 Å². The molecule has 280 valence electrons. The molecule has 0 aliphatic heterocycles. The van der Waals surface area contributed by atoms with E-state index in [1.807, 2.05) is 12.1 Å². The summed E-state index contributed by atoms with van der Waals surface area (Å²) in [6.07, 6.45) is 2.89. The van der Waals surface area contributed by atoms with Gasteiger partial charge in [-0.2, -0.15) is 18.4 Å². The number of rotatable bonds is 7. The number of sulfone groups is 1. The number of nitrogens with two attached hydrogens (primary N) is 2. The van der Waals surface area contributed by atoms with Gasteiger partial charge in [0.1, 0.15) is 34.6 Å². The van der Waals surface area contributed by atoms with Gasteiger partial charge in [0.25, 0.3) is 9.84 Å². The van der Waals surface area contributed by atoms with Gasteiger partial charge < -0.3 is 20.9 Å². The molecule has 0 spiro atoms. The van der Waals surface area contributed by atoms with Crippen LogP contribution in [0.4, 0.5) is 22.0 Å². The fourth-order valence-corrected chi connectivity index (χ4v) is 6.57. The fraction of sp³-hybridized carbons (Fsp3) is 0.108.